The van der Waals surface area contributed by atoms with E-state index < -0.39 is 12.5 Å². The fraction of sp³-hybridized carbons (Fsp3) is 0.300. The maximum atomic E-state index is 12.5. The molecule has 0 aliphatic carbocycles. The zero-order chi connectivity index (χ0) is 23.0. The van der Waals surface area contributed by atoms with E-state index in [0.717, 1.165) is 0 Å². The van der Waals surface area contributed by atoms with Crippen molar-refractivity contribution < 1.29 is 27.8 Å². The van der Waals surface area contributed by atoms with Crippen molar-refractivity contribution in [1.82, 2.24) is 24.6 Å². The monoisotopic (exact) mass is 448 g/mol. The molecule has 0 bridgehead atoms. The van der Waals surface area contributed by atoms with Crippen molar-refractivity contribution in [1.29, 1.82) is 0 Å². The first kappa shape index (κ1) is 21.4. The van der Waals surface area contributed by atoms with E-state index in [4.69, 9.17) is 5.11 Å². The molecule has 1 saturated heterocycles. The van der Waals surface area contributed by atoms with Crippen LogP contribution >= 0.6 is 0 Å². The summed E-state index contributed by atoms with van der Waals surface area (Å²) in [5.74, 6) is -0.501. The number of fused-ring (bicyclic) bond motifs is 1. The van der Waals surface area contributed by atoms with Gasteiger partial charge in [0.15, 0.2) is 5.65 Å². The van der Waals surface area contributed by atoms with Crippen molar-refractivity contribution in [2.24, 2.45) is 4.99 Å². The Morgan fingerprint density at radius 3 is 2.53 bits per heavy atom. The van der Waals surface area contributed by atoms with Crippen LogP contribution in [0.15, 0.2) is 41.5 Å². The van der Waals surface area contributed by atoms with E-state index in [1.807, 2.05) is 14.1 Å². The van der Waals surface area contributed by atoms with Gasteiger partial charge in [-0.05, 0) is 30.3 Å². The van der Waals surface area contributed by atoms with Crippen LogP contribution in [0.25, 0.3) is 16.7 Å². The van der Waals surface area contributed by atoms with Crippen LogP contribution in [0.5, 0.6) is 5.75 Å². The second-order valence-electron chi connectivity index (χ2n) is 7.46. The molecule has 12 heteroatoms. The highest BCUT2D eigenvalue weighted by Crippen LogP contribution is 2.37. The predicted octanol–water partition coefficient (Wildman–Crippen LogP) is 3.62. The number of carboxylic acid groups (broad SMARTS) is 1. The van der Waals surface area contributed by atoms with E-state index in [2.05, 4.69) is 19.8 Å². The first-order valence-electron chi connectivity index (χ1n) is 9.54. The molecule has 3 heterocycles. The van der Waals surface area contributed by atoms with Gasteiger partial charge in [0.1, 0.15) is 5.75 Å². The van der Waals surface area contributed by atoms with Crippen LogP contribution in [-0.4, -0.2) is 75.6 Å². The van der Waals surface area contributed by atoms with Gasteiger partial charge in [-0.3, -0.25) is 0 Å². The summed E-state index contributed by atoms with van der Waals surface area (Å²) in [6.45, 7) is 0.567. The third-order valence-corrected chi connectivity index (χ3v) is 4.85. The van der Waals surface area contributed by atoms with Gasteiger partial charge in [-0.25, -0.2) is 19.5 Å². The van der Waals surface area contributed by atoms with Crippen LogP contribution < -0.4 is 4.74 Å². The molecule has 1 amide bonds. The average Bonchev–Trinajstić information content (AvgIpc) is 3.04. The number of carbonyl (C=O) groups is 1. The number of rotatable bonds is 5. The minimum absolute atomic E-state index is 0.153. The van der Waals surface area contributed by atoms with E-state index in [1.54, 1.807) is 23.5 Å². The Morgan fingerprint density at radius 2 is 1.94 bits per heavy atom. The van der Waals surface area contributed by atoms with Crippen LogP contribution in [0.3, 0.4) is 0 Å². The second kappa shape index (κ2) is 8.02. The fourth-order valence-electron chi connectivity index (χ4n) is 3.40. The molecular weight excluding hydrogens is 429 g/mol. The first-order chi connectivity index (χ1) is 15.1. The summed E-state index contributed by atoms with van der Waals surface area (Å²) in [6, 6.07) is 7.00. The lowest BCUT2D eigenvalue weighted by atomic mass is 9.94. The average molecular weight is 448 g/mol. The molecule has 2 aromatic heterocycles. The molecule has 1 aliphatic rings. The number of alkyl halides is 3. The van der Waals surface area contributed by atoms with Crippen molar-refractivity contribution in [3.05, 3.63) is 42.2 Å². The van der Waals surface area contributed by atoms with Crippen molar-refractivity contribution >= 4 is 29.2 Å². The number of aliphatic imine (C=N–C) groups is 1. The highest BCUT2D eigenvalue weighted by molar-refractivity contribution is 5.93. The van der Waals surface area contributed by atoms with E-state index in [1.165, 1.54) is 33.8 Å². The summed E-state index contributed by atoms with van der Waals surface area (Å²) >= 11 is 0. The minimum atomic E-state index is -4.78. The molecule has 1 aliphatic heterocycles. The van der Waals surface area contributed by atoms with Crippen LogP contribution in [0.4, 0.5) is 23.7 Å². The number of halogens is 3. The molecule has 9 nitrogen and oxygen atoms in total. The lowest BCUT2D eigenvalue weighted by Gasteiger charge is -2.36. The van der Waals surface area contributed by atoms with Crippen molar-refractivity contribution in [3.63, 3.8) is 0 Å². The normalized spacial score (nSPS) is 14.7. The molecule has 0 saturated carbocycles. The van der Waals surface area contributed by atoms with Crippen molar-refractivity contribution in [3.8, 4) is 11.4 Å². The Labute approximate surface area is 180 Å². The van der Waals surface area contributed by atoms with Gasteiger partial charge in [0, 0.05) is 39.3 Å². The molecule has 3 aromatic rings. The molecule has 1 aromatic carbocycles. The number of amides is 1. The highest BCUT2D eigenvalue weighted by Gasteiger charge is 2.36. The van der Waals surface area contributed by atoms with Crippen molar-refractivity contribution in [2.45, 2.75) is 12.3 Å². The Balaban J connectivity index is 1.78. The third-order valence-electron chi connectivity index (χ3n) is 4.85. The maximum Gasteiger partial charge on any atom is 0.573 e. The van der Waals surface area contributed by atoms with Gasteiger partial charge < -0.3 is 19.6 Å². The van der Waals surface area contributed by atoms with Crippen LogP contribution in [-0.2, 0) is 0 Å². The largest absolute Gasteiger partial charge is 0.573 e. The molecule has 168 valence electrons. The Kier molecular flexibility index (Phi) is 5.36. The molecule has 1 N–H and O–H groups in total. The summed E-state index contributed by atoms with van der Waals surface area (Å²) in [4.78, 5) is 23.1. The number of aromatic nitrogens is 3. The first-order valence-corrected chi connectivity index (χ1v) is 9.54. The zero-order valence-corrected chi connectivity index (χ0v) is 17.1. The van der Waals surface area contributed by atoms with Gasteiger partial charge in [0.25, 0.3) is 0 Å². The van der Waals surface area contributed by atoms with Gasteiger partial charge in [-0.15, -0.1) is 13.2 Å². The van der Waals surface area contributed by atoms with Gasteiger partial charge in [0.05, 0.1) is 28.8 Å². The Hall–Kier alpha value is -3.83. The molecule has 0 radical (unpaired) electrons. The molecule has 1 fully saturated rings. The smallest absolute Gasteiger partial charge is 0.465 e. The summed E-state index contributed by atoms with van der Waals surface area (Å²) in [5, 5.41) is 14.5. The van der Waals surface area contributed by atoms with Gasteiger partial charge >= 0.3 is 12.5 Å². The molecule has 32 heavy (non-hydrogen) atoms. The number of benzene rings is 1. The lowest BCUT2D eigenvalue weighted by molar-refractivity contribution is -0.274. The summed E-state index contributed by atoms with van der Waals surface area (Å²) in [6.07, 6.45) is -2.59. The minimum Gasteiger partial charge on any atom is -0.465 e. The number of pyridine rings is 1. The number of hydrogen-bond acceptors (Lipinski definition) is 5. The standard InChI is InChI=1S/C20H19F3N6O3/c1-27(2)11-25-15-7-8-24-18-16(15)17(12-9-28(10-12)19(30)31)26-29(18)13-3-5-14(6-4-13)32-20(21,22)23/h3-8,11-12H,9-10H2,1-2H3,(H,30,31). The van der Waals surface area contributed by atoms with E-state index >= 15 is 0 Å². The van der Waals surface area contributed by atoms with Gasteiger partial charge in [0.2, 0.25) is 0 Å². The lowest BCUT2D eigenvalue weighted by Crippen LogP contribution is -2.48. The molecule has 0 unspecified atom stereocenters. The van der Waals surface area contributed by atoms with Crippen LogP contribution in [0.1, 0.15) is 11.6 Å². The summed E-state index contributed by atoms with van der Waals surface area (Å²) in [7, 11) is 3.65. The maximum absolute atomic E-state index is 12.5. The van der Waals surface area contributed by atoms with Crippen molar-refractivity contribution in [2.75, 3.05) is 27.2 Å². The van der Waals surface area contributed by atoms with Gasteiger partial charge in [-0.2, -0.15) is 5.10 Å². The zero-order valence-electron chi connectivity index (χ0n) is 17.1. The van der Waals surface area contributed by atoms with Crippen LogP contribution in [0.2, 0.25) is 0 Å². The molecule has 4 rings (SSSR count). The second-order valence-corrected chi connectivity index (χ2v) is 7.46. The predicted molar refractivity (Wildman–Crippen MR) is 110 cm³/mol. The van der Waals surface area contributed by atoms with E-state index in [9.17, 15) is 18.0 Å². The Bertz CT molecular complexity index is 1170. The SMILES string of the molecule is CN(C)C=Nc1ccnc2c1c(C1CN(C(=O)O)C1)nn2-c1ccc(OC(F)(F)F)cc1. The topological polar surface area (TPSA) is 96.1 Å². The van der Waals surface area contributed by atoms with Gasteiger partial charge in [-0.1, -0.05) is 0 Å². The number of nitrogens with zero attached hydrogens (tertiary/aromatic N) is 6. The quantitative estimate of drug-likeness (QED) is 0.473. The molecule has 0 spiro atoms. The highest BCUT2D eigenvalue weighted by atomic mass is 19.4. The molecular formula is C20H19F3N6O3. The van der Waals surface area contributed by atoms with E-state index in [0.29, 0.717) is 28.1 Å². The number of ether oxygens (including phenoxy) is 1. The number of likely N-dealkylation sites (tertiary alicyclic amines) is 1. The number of hydrogen-bond donors (Lipinski definition) is 1. The Morgan fingerprint density at radius 1 is 1.25 bits per heavy atom. The third kappa shape index (κ3) is 4.29. The fourth-order valence-corrected chi connectivity index (χ4v) is 3.40. The summed E-state index contributed by atoms with van der Waals surface area (Å²) in [5.41, 5.74) is 2.18. The van der Waals surface area contributed by atoms with E-state index in [-0.39, 0.29) is 24.8 Å². The summed E-state index contributed by atoms with van der Waals surface area (Å²) < 4.78 is 42.8. The molecule has 0 atom stereocenters. The van der Waals surface area contributed by atoms with Crippen LogP contribution in [0, 0.1) is 0 Å².